The molecular formula is C14H16N2O3. The first kappa shape index (κ1) is 13.3. The summed E-state index contributed by atoms with van der Waals surface area (Å²) in [6, 6.07) is 8.67. The van der Waals surface area contributed by atoms with Crippen molar-refractivity contribution in [3.05, 3.63) is 46.4 Å². The van der Waals surface area contributed by atoms with Gasteiger partial charge in [0.25, 0.3) is 11.5 Å². The Hall–Kier alpha value is -2.14. The van der Waals surface area contributed by atoms with Gasteiger partial charge in [0.05, 0.1) is 5.60 Å². The van der Waals surface area contributed by atoms with Gasteiger partial charge in [0.2, 0.25) is 0 Å². The molecule has 1 aromatic carbocycles. The van der Waals surface area contributed by atoms with Crippen molar-refractivity contribution in [3.8, 4) is 0 Å². The van der Waals surface area contributed by atoms with Gasteiger partial charge in [0, 0.05) is 11.9 Å². The van der Waals surface area contributed by atoms with E-state index in [1.54, 1.807) is 44.2 Å². The Balaban J connectivity index is 2.31. The van der Waals surface area contributed by atoms with Gasteiger partial charge in [-0.1, -0.05) is 18.2 Å². The maximum Gasteiger partial charge on any atom is 0.267 e. The number of rotatable bonds is 3. The number of pyridine rings is 1. The number of amides is 1. The monoisotopic (exact) mass is 260 g/mol. The average molecular weight is 260 g/mol. The molecule has 5 nitrogen and oxygen atoms in total. The first-order valence-electron chi connectivity index (χ1n) is 5.99. The van der Waals surface area contributed by atoms with E-state index in [0.29, 0.717) is 10.8 Å². The normalized spacial score (nSPS) is 11.5. The first-order chi connectivity index (χ1) is 8.87. The molecule has 0 radical (unpaired) electrons. The molecule has 2 aromatic rings. The van der Waals surface area contributed by atoms with Gasteiger partial charge < -0.3 is 15.4 Å². The fourth-order valence-corrected chi connectivity index (χ4v) is 1.73. The molecule has 0 aliphatic carbocycles. The molecule has 19 heavy (non-hydrogen) atoms. The summed E-state index contributed by atoms with van der Waals surface area (Å²) in [5.74, 6) is -0.412. The van der Waals surface area contributed by atoms with Crippen molar-refractivity contribution in [2.45, 2.75) is 19.4 Å². The highest BCUT2D eigenvalue weighted by Crippen LogP contribution is 2.09. The molecule has 0 aliphatic heterocycles. The minimum atomic E-state index is -0.993. The molecule has 0 spiro atoms. The van der Waals surface area contributed by atoms with Gasteiger partial charge in [-0.15, -0.1) is 0 Å². The minimum Gasteiger partial charge on any atom is -0.389 e. The van der Waals surface area contributed by atoms with Crippen LogP contribution in [0.2, 0.25) is 0 Å². The lowest BCUT2D eigenvalue weighted by atomic mass is 10.1. The molecule has 2 rings (SSSR count). The Morgan fingerprint density at radius 1 is 1.37 bits per heavy atom. The van der Waals surface area contributed by atoms with Crippen molar-refractivity contribution in [2.75, 3.05) is 6.54 Å². The standard InChI is InChI=1S/C14H16N2O3/c1-14(2,19)8-15-13(18)11-7-9-5-3-4-6-10(9)12(17)16-11/h3-7,19H,8H2,1-2H3,(H,15,18)(H,16,17). The Morgan fingerprint density at radius 2 is 2.05 bits per heavy atom. The van der Waals surface area contributed by atoms with E-state index in [9.17, 15) is 14.7 Å². The molecule has 5 heteroatoms. The Bertz CT molecular complexity index is 668. The summed E-state index contributed by atoms with van der Waals surface area (Å²) < 4.78 is 0. The molecular weight excluding hydrogens is 244 g/mol. The summed E-state index contributed by atoms with van der Waals surface area (Å²) in [5, 5.41) is 13.4. The average Bonchev–Trinajstić information content (AvgIpc) is 2.35. The number of fused-ring (bicyclic) bond motifs is 1. The van der Waals surface area contributed by atoms with Gasteiger partial charge in [-0.25, -0.2) is 0 Å². The number of hydrogen-bond donors (Lipinski definition) is 3. The van der Waals surface area contributed by atoms with Crippen molar-refractivity contribution in [3.63, 3.8) is 0 Å². The molecule has 3 N–H and O–H groups in total. The molecule has 0 atom stereocenters. The van der Waals surface area contributed by atoms with E-state index >= 15 is 0 Å². The van der Waals surface area contributed by atoms with E-state index in [0.717, 1.165) is 0 Å². The quantitative estimate of drug-likeness (QED) is 0.770. The highest BCUT2D eigenvalue weighted by Gasteiger charge is 2.15. The topological polar surface area (TPSA) is 82.2 Å². The van der Waals surface area contributed by atoms with E-state index in [1.165, 1.54) is 0 Å². The number of aromatic amines is 1. The maximum absolute atomic E-state index is 11.9. The molecule has 0 bridgehead atoms. The van der Waals surface area contributed by atoms with Crippen LogP contribution in [0.1, 0.15) is 24.3 Å². The highest BCUT2D eigenvalue weighted by molar-refractivity contribution is 5.96. The van der Waals surface area contributed by atoms with Crippen LogP contribution < -0.4 is 10.9 Å². The van der Waals surface area contributed by atoms with E-state index in [4.69, 9.17) is 0 Å². The van der Waals surface area contributed by atoms with Crippen LogP contribution in [-0.4, -0.2) is 28.1 Å². The number of aliphatic hydroxyl groups is 1. The number of hydrogen-bond acceptors (Lipinski definition) is 3. The number of H-pyrrole nitrogens is 1. The summed E-state index contributed by atoms with van der Waals surface area (Å²) >= 11 is 0. The van der Waals surface area contributed by atoms with E-state index in [1.807, 2.05) is 0 Å². The lowest BCUT2D eigenvalue weighted by Gasteiger charge is -2.17. The van der Waals surface area contributed by atoms with Gasteiger partial charge in [-0.3, -0.25) is 9.59 Å². The molecule has 100 valence electrons. The van der Waals surface area contributed by atoms with E-state index in [-0.39, 0.29) is 17.8 Å². The smallest absolute Gasteiger partial charge is 0.267 e. The van der Waals surface area contributed by atoms with Crippen molar-refractivity contribution >= 4 is 16.7 Å². The zero-order valence-corrected chi connectivity index (χ0v) is 10.9. The molecule has 1 amide bonds. The predicted molar refractivity (Wildman–Crippen MR) is 73.2 cm³/mol. The van der Waals surface area contributed by atoms with Crippen LogP contribution in [0.4, 0.5) is 0 Å². The van der Waals surface area contributed by atoms with Crippen molar-refractivity contribution in [2.24, 2.45) is 0 Å². The summed E-state index contributed by atoms with van der Waals surface area (Å²) in [7, 11) is 0. The Labute approximate surface area is 110 Å². The summed E-state index contributed by atoms with van der Waals surface area (Å²) in [4.78, 5) is 26.3. The van der Waals surface area contributed by atoms with Crippen LogP contribution in [0.25, 0.3) is 10.8 Å². The number of benzene rings is 1. The second-order valence-corrected chi connectivity index (χ2v) is 5.09. The number of carbonyl (C=O) groups is 1. The lowest BCUT2D eigenvalue weighted by molar-refractivity contribution is 0.0692. The second-order valence-electron chi connectivity index (χ2n) is 5.09. The first-order valence-corrected chi connectivity index (χ1v) is 5.99. The number of aromatic nitrogens is 1. The molecule has 0 saturated carbocycles. The van der Waals surface area contributed by atoms with Crippen LogP contribution in [-0.2, 0) is 0 Å². The molecule has 0 saturated heterocycles. The maximum atomic E-state index is 11.9. The molecule has 0 unspecified atom stereocenters. The van der Waals surface area contributed by atoms with Crippen LogP contribution in [0.15, 0.2) is 35.1 Å². The third kappa shape index (κ3) is 3.20. The van der Waals surface area contributed by atoms with E-state index < -0.39 is 11.5 Å². The zero-order chi connectivity index (χ0) is 14.0. The van der Waals surface area contributed by atoms with Crippen LogP contribution in [0.3, 0.4) is 0 Å². The van der Waals surface area contributed by atoms with Gasteiger partial charge in [0.1, 0.15) is 5.69 Å². The summed E-state index contributed by atoms with van der Waals surface area (Å²) in [5.41, 5.74) is -1.10. The van der Waals surface area contributed by atoms with Gasteiger partial charge in [0.15, 0.2) is 0 Å². The largest absolute Gasteiger partial charge is 0.389 e. The van der Waals surface area contributed by atoms with Gasteiger partial charge >= 0.3 is 0 Å². The third-order valence-electron chi connectivity index (χ3n) is 2.68. The fraction of sp³-hybridized carbons (Fsp3) is 0.286. The predicted octanol–water partition coefficient (Wildman–Crippen LogP) is 1.03. The lowest BCUT2D eigenvalue weighted by Crippen LogP contribution is -2.38. The van der Waals surface area contributed by atoms with Gasteiger partial charge in [-0.05, 0) is 31.4 Å². The summed E-state index contributed by atoms with van der Waals surface area (Å²) in [6.07, 6.45) is 0. The molecule has 1 aromatic heterocycles. The molecule has 0 fully saturated rings. The Morgan fingerprint density at radius 3 is 2.74 bits per heavy atom. The number of carbonyl (C=O) groups excluding carboxylic acids is 1. The van der Waals surface area contributed by atoms with Crippen molar-refractivity contribution in [1.82, 2.24) is 10.3 Å². The van der Waals surface area contributed by atoms with Crippen molar-refractivity contribution < 1.29 is 9.90 Å². The van der Waals surface area contributed by atoms with Crippen molar-refractivity contribution in [1.29, 1.82) is 0 Å². The zero-order valence-electron chi connectivity index (χ0n) is 10.9. The van der Waals surface area contributed by atoms with Crippen LogP contribution in [0, 0.1) is 0 Å². The second kappa shape index (κ2) is 4.85. The number of nitrogens with one attached hydrogen (secondary N) is 2. The highest BCUT2D eigenvalue weighted by atomic mass is 16.3. The van der Waals surface area contributed by atoms with Crippen LogP contribution in [0.5, 0.6) is 0 Å². The molecule has 0 aliphatic rings. The SMILES string of the molecule is CC(C)(O)CNC(=O)c1cc2ccccc2c(=O)[nH]1. The van der Waals surface area contributed by atoms with Crippen LogP contribution >= 0.6 is 0 Å². The third-order valence-corrected chi connectivity index (χ3v) is 2.68. The summed E-state index contributed by atoms with van der Waals surface area (Å²) in [6.45, 7) is 3.30. The van der Waals surface area contributed by atoms with E-state index in [2.05, 4.69) is 10.3 Å². The fourth-order valence-electron chi connectivity index (χ4n) is 1.73. The Kier molecular flexibility index (Phi) is 3.40. The molecule has 1 heterocycles. The minimum absolute atomic E-state index is 0.112. The van der Waals surface area contributed by atoms with Gasteiger partial charge in [-0.2, -0.15) is 0 Å².